The van der Waals surface area contributed by atoms with Crippen LogP contribution in [0.15, 0.2) is 42.5 Å². The van der Waals surface area contributed by atoms with Gasteiger partial charge in [0.25, 0.3) is 0 Å². The van der Waals surface area contributed by atoms with Crippen LogP contribution in [0.1, 0.15) is 51.7 Å². The fourth-order valence-electron chi connectivity index (χ4n) is 4.14. The lowest BCUT2D eigenvalue weighted by Gasteiger charge is -2.42. The van der Waals surface area contributed by atoms with E-state index >= 15 is 0 Å². The molecule has 0 atom stereocenters. The maximum absolute atomic E-state index is 11.9. The quantitative estimate of drug-likeness (QED) is 0.625. The summed E-state index contributed by atoms with van der Waals surface area (Å²) in [4.78, 5) is 16.5. The lowest BCUT2D eigenvalue weighted by Crippen LogP contribution is -2.33. The van der Waals surface area contributed by atoms with Crippen molar-refractivity contribution in [1.29, 1.82) is 0 Å². The smallest absolute Gasteiger partial charge is 0.417 e. The Labute approximate surface area is 153 Å². The molecule has 1 heterocycles. The molecule has 1 aliphatic carbocycles. The lowest BCUT2D eigenvalue weighted by atomic mass is 9.63. The Morgan fingerprint density at radius 3 is 2.35 bits per heavy atom. The van der Waals surface area contributed by atoms with Gasteiger partial charge in [-0.1, -0.05) is 52.0 Å². The number of aromatic nitrogens is 2. The molecule has 0 spiro atoms. The molecule has 3 aromatic rings. The largest absolute Gasteiger partial charge is 0.464 e. The summed E-state index contributed by atoms with van der Waals surface area (Å²) in [6.45, 7) is 9.11. The van der Waals surface area contributed by atoms with Crippen LogP contribution in [0, 0.1) is 0 Å². The second-order valence-electron chi connectivity index (χ2n) is 8.57. The number of carboxylic acid groups (broad SMARTS) is 1. The zero-order valence-corrected chi connectivity index (χ0v) is 15.7. The Bertz CT molecular complexity index is 1030. The molecular formula is C22H24N2O2. The number of fused-ring (bicyclic) bond motifs is 2. The number of hydrogen-bond acceptors (Lipinski definition) is 2. The van der Waals surface area contributed by atoms with E-state index < -0.39 is 6.09 Å². The minimum atomic E-state index is -1.01. The van der Waals surface area contributed by atoms with Gasteiger partial charge in [0, 0.05) is 5.56 Å². The van der Waals surface area contributed by atoms with Crippen LogP contribution in [0.25, 0.3) is 22.4 Å². The Morgan fingerprint density at radius 1 is 1.00 bits per heavy atom. The topological polar surface area (TPSA) is 55.1 Å². The Kier molecular flexibility index (Phi) is 3.52. The minimum absolute atomic E-state index is 0.0704. The first-order valence-electron chi connectivity index (χ1n) is 9.07. The summed E-state index contributed by atoms with van der Waals surface area (Å²) in [5.41, 5.74) is 5.03. The van der Waals surface area contributed by atoms with Gasteiger partial charge < -0.3 is 5.11 Å². The average Bonchev–Trinajstić information content (AvgIpc) is 2.98. The van der Waals surface area contributed by atoms with Gasteiger partial charge in [-0.05, 0) is 53.0 Å². The second kappa shape index (κ2) is 5.44. The Balaban J connectivity index is 1.97. The number of rotatable bonds is 1. The predicted octanol–water partition coefficient (Wildman–Crippen LogP) is 5.58. The first-order chi connectivity index (χ1) is 12.2. The number of hydrogen-bond donors (Lipinski definition) is 1. The van der Waals surface area contributed by atoms with Gasteiger partial charge in [0.15, 0.2) is 5.82 Å². The number of carbonyl (C=O) groups is 1. The SMILES string of the molecule is CC1(C)CCC(C)(C)c2cc(-c3nc4ccccc4n3C(=O)O)ccc21. The molecule has 1 aliphatic rings. The van der Waals surface area contributed by atoms with Gasteiger partial charge in [0.2, 0.25) is 0 Å². The molecule has 4 rings (SSSR count). The van der Waals surface area contributed by atoms with Gasteiger partial charge in [-0.25, -0.2) is 14.3 Å². The van der Waals surface area contributed by atoms with E-state index in [-0.39, 0.29) is 10.8 Å². The number of benzene rings is 2. The second-order valence-corrected chi connectivity index (χ2v) is 8.57. The first kappa shape index (κ1) is 16.8. The summed E-state index contributed by atoms with van der Waals surface area (Å²) < 4.78 is 1.29. The maximum atomic E-state index is 11.9. The van der Waals surface area contributed by atoms with Crippen molar-refractivity contribution in [3.05, 3.63) is 53.6 Å². The molecule has 0 unspecified atom stereocenters. The standard InChI is InChI=1S/C22H24N2O2/c1-21(2)11-12-22(3,4)16-13-14(9-10-15(16)21)19-23-17-7-5-6-8-18(17)24(19)20(25)26/h5-10,13H,11-12H2,1-4H3,(H,25,26). The molecule has 26 heavy (non-hydrogen) atoms. The van der Waals surface area contributed by atoms with Crippen LogP contribution >= 0.6 is 0 Å². The molecule has 1 N–H and O–H groups in total. The number of para-hydroxylation sites is 2. The fourth-order valence-corrected chi connectivity index (χ4v) is 4.14. The van der Waals surface area contributed by atoms with E-state index in [1.807, 2.05) is 24.3 Å². The lowest BCUT2D eigenvalue weighted by molar-refractivity contribution is 0.197. The van der Waals surface area contributed by atoms with Crippen molar-refractivity contribution in [2.45, 2.75) is 51.4 Å². The molecule has 0 aliphatic heterocycles. The van der Waals surface area contributed by atoms with Crippen molar-refractivity contribution in [3.63, 3.8) is 0 Å². The molecule has 0 fully saturated rings. The summed E-state index contributed by atoms with van der Waals surface area (Å²) in [7, 11) is 0. The summed E-state index contributed by atoms with van der Waals surface area (Å²) >= 11 is 0. The van der Waals surface area contributed by atoms with Crippen LogP contribution in [-0.2, 0) is 10.8 Å². The van der Waals surface area contributed by atoms with Crippen LogP contribution < -0.4 is 0 Å². The predicted molar refractivity (Wildman–Crippen MR) is 104 cm³/mol. The number of nitrogens with zero attached hydrogens (tertiary/aromatic N) is 2. The van der Waals surface area contributed by atoms with Gasteiger partial charge >= 0.3 is 6.09 Å². The molecule has 0 saturated carbocycles. The molecule has 0 radical (unpaired) electrons. The molecular weight excluding hydrogens is 324 g/mol. The maximum Gasteiger partial charge on any atom is 0.417 e. The first-order valence-corrected chi connectivity index (χ1v) is 9.07. The fraction of sp³-hybridized carbons (Fsp3) is 0.364. The van der Waals surface area contributed by atoms with Crippen LogP contribution in [-0.4, -0.2) is 20.8 Å². The number of imidazole rings is 1. The van der Waals surface area contributed by atoms with Gasteiger partial charge in [0.05, 0.1) is 11.0 Å². The monoisotopic (exact) mass is 348 g/mol. The summed E-state index contributed by atoms with van der Waals surface area (Å²) in [5.74, 6) is 0.487. The van der Waals surface area contributed by atoms with Gasteiger partial charge in [-0.3, -0.25) is 0 Å². The van der Waals surface area contributed by atoms with E-state index in [2.05, 4.69) is 44.8 Å². The average molecular weight is 348 g/mol. The highest BCUT2D eigenvalue weighted by Gasteiger charge is 2.37. The van der Waals surface area contributed by atoms with Crippen molar-refractivity contribution >= 4 is 17.1 Å². The van der Waals surface area contributed by atoms with Crippen molar-refractivity contribution < 1.29 is 9.90 Å². The Morgan fingerprint density at radius 2 is 1.65 bits per heavy atom. The highest BCUT2D eigenvalue weighted by atomic mass is 16.4. The molecule has 134 valence electrons. The van der Waals surface area contributed by atoms with E-state index in [1.165, 1.54) is 15.7 Å². The zero-order chi connectivity index (χ0) is 18.7. The zero-order valence-electron chi connectivity index (χ0n) is 15.7. The van der Waals surface area contributed by atoms with E-state index in [0.29, 0.717) is 16.9 Å². The van der Waals surface area contributed by atoms with Crippen molar-refractivity contribution in [2.75, 3.05) is 0 Å². The van der Waals surface area contributed by atoms with Crippen LogP contribution in [0.4, 0.5) is 4.79 Å². The summed E-state index contributed by atoms with van der Waals surface area (Å²) in [6.07, 6.45) is 1.26. The minimum Gasteiger partial charge on any atom is -0.464 e. The van der Waals surface area contributed by atoms with E-state index in [4.69, 9.17) is 0 Å². The highest BCUT2D eigenvalue weighted by Crippen LogP contribution is 2.46. The third-order valence-corrected chi connectivity index (χ3v) is 5.86. The molecule has 2 aromatic carbocycles. The van der Waals surface area contributed by atoms with Gasteiger partial charge in [0.1, 0.15) is 0 Å². The molecule has 4 nitrogen and oxygen atoms in total. The van der Waals surface area contributed by atoms with E-state index in [1.54, 1.807) is 6.07 Å². The molecule has 0 saturated heterocycles. The normalized spacial score (nSPS) is 17.8. The highest BCUT2D eigenvalue weighted by molar-refractivity contribution is 5.91. The van der Waals surface area contributed by atoms with Gasteiger partial charge in [-0.15, -0.1) is 0 Å². The molecule has 0 bridgehead atoms. The summed E-state index contributed by atoms with van der Waals surface area (Å²) in [6, 6.07) is 13.7. The van der Waals surface area contributed by atoms with E-state index in [0.717, 1.165) is 18.4 Å². The third-order valence-electron chi connectivity index (χ3n) is 5.86. The Hall–Kier alpha value is -2.62. The van der Waals surface area contributed by atoms with Gasteiger partial charge in [-0.2, -0.15) is 0 Å². The molecule has 0 amide bonds. The molecule has 4 heteroatoms. The third kappa shape index (κ3) is 2.44. The van der Waals surface area contributed by atoms with Crippen LogP contribution in [0.2, 0.25) is 0 Å². The van der Waals surface area contributed by atoms with Crippen LogP contribution in [0.5, 0.6) is 0 Å². The van der Waals surface area contributed by atoms with Crippen molar-refractivity contribution in [1.82, 2.24) is 9.55 Å². The van der Waals surface area contributed by atoms with Crippen molar-refractivity contribution in [3.8, 4) is 11.4 Å². The van der Waals surface area contributed by atoms with Crippen LogP contribution in [0.3, 0.4) is 0 Å². The van der Waals surface area contributed by atoms with E-state index in [9.17, 15) is 9.90 Å². The molecule has 1 aromatic heterocycles. The summed E-state index contributed by atoms with van der Waals surface area (Å²) in [5, 5.41) is 9.76. The van der Waals surface area contributed by atoms with Crippen molar-refractivity contribution in [2.24, 2.45) is 0 Å².